The van der Waals surface area contributed by atoms with Crippen molar-refractivity contribution in [1.82, 2.24) is 9.88 Å². The molecule has 1 spiro atoms. The molecule has 2 aliphatic rings. The van der Waals surface area contributed by atoms with Crippen molar-refractivity contribution < 1.29 is 42.1 Å². The average molecular weight is 434 g/mol. The number of hydrogen-bond donors (Lipinski definition) is 1. The number of carbonyl (C=O) groups excluding carboxylic acids is 1. The summed E-state index contributed by atoms with van der Waals surface area (Å²) in [7, 11) is 1.55. The van der Waals surface area contributed by atoms with Gasteiger partial charge in [0.15, 0.2) is 0 Å². The number of aromatic nitrogens is 1. The topological polar surface area (TPSA) is 98.2 Å². The van der Waals surface area contributed by atoms with E-state index in [0.29, 0.717) is 32.2 Å². The molecule has 2 atom stereocenters. The van der Waals surface area contributed by atoms with E-state index < -0.39 is 12.1 Å². The number of hydrogen-bond acceptors (Lipinski definition) is 6. The van der Waals surface area contributed by atoms with E-state index in [2.05, 4.69) is 4.98 Å². The summed E-state index contributed by atoms with van der Waals surface area (Å²) >= 11 is 0. The molecule has 0 aromatic carbocycles. The highest BCUT2D eigenvalue weighted by Crippen LogP contribution is 2.41. The van der Waals surface area contributed by atoms with Crippen LogP contribution in [-0.2, 0) is 19.1 Å². The van der Waals surface area contributed by atoms with Crippen LogP contribution in [0.3, 0.4) is 0 Å². The van der Waals surface area contributed by atoms with Crippen molar-refractivity contribution in [2.75, 3.05) is 40.0 Å². The molecule has 8 nitrogen and oxygen atoms in total. The van der Waals surface area contributed by atoms with Crippen LogP contribution in [0.2, 0.25) is 0 Å². The van der Waals surface area contributed by atoms with Crippen molar-refractivity contribution in [3.8, 4) is 5.75 Å². The third-order valence-electron chi connectivity index (χ3n) is 5.05. The zero-order chi connectivity index (χ0) is 22.2. The quantitative estimate of drug-likeness (QED) is 0.758. The molecule has 0 unspecified atom stereocenters. The number of carboxylic acids is 1. The lowest BCUT2D eigenvalue weighted by Gasteiger charge is -2.44. The van der Waals surface area contributed by atoms with Gasteiger partial charge < -0.3 is 24.2 Å². The largest absolute Gasteiger partial charge is 0.492 e. The van der Waals surface area contributed by atoms with Crippen molar-refractivity contribution in [2.45, 2.75) is 31.0 Å². The lowest BCUT2D eigenvalue weighted by molar-refractivity contribution is -0.192. The first-order valence-electron chi connectivity index (χ1n) is 9.41. The first kappa shape index (κ1) is 23.9. The fourth-order valence-electron chi connectivity index (χ4n) is 3.61. The zero-order valence-electron chi connectivity index (χ0n) is 16.6. The fraction of sp³-hybridized carbons (Fsp3) is 0.632. The van der Waals surface area contributed by atoms with Crippen LogP contribution in [0.4, 0.5) is 13.2 Å². The van der Waals surface area contributed by atoms with Crippen LogP contribution in [0, 0.1) is 5.92 Å². The fourth-order valence-corrected chi connectivity index (χ4v) is 3.61. The number of amides is 1. The van der Waals surface area contributed by atoms with Gasteiger partial charge in [-0.15, -0.1) is 0 Å². The Hall–Kier alpha value is -2.40. The molecule has 11 heteroatoms. The van der Waals surface area contributed by atoms with E-state index in [4.69, 9.17) is 24.1 Å². The Morgan fingerprint density at radius 2 is 2.17 bits per heavy atom. The van der Waals surface area contributed by atoms with E-state index >= 15 is 0 Å². The van der Waals surface area contributed by atoms with Gasteiger partial charge in [0, 0.05) is 25.8 Å². The van der Waals surface area contributed by atoms with Crippen molar-refractivity contribution in [3.63, 3.8) is 0 Å². The molecule has 1 aromatic heterocycles. The molecule has 0 bridgehead atoms. The molecule has 1 N–H and O–H groups in total. The van der Waals surface area contributed by atoms with E-state index in [-0.39, 0.29) is 18.1 Å². The highest BCUT2D eigenvalue weighted by Gasteiger charge is 2.48. The number of carboxylic acid groups (broad SMARTS) is 1. The molecule has 3 rings (SSSR count). The third kappa shape index (κ3) is 6.56. The standard InChI is InChI=1S/C17H24N2O4.C2HF3O2/c1-21-12-16(20)19-8-9-23-17(13-19)6-2-4-14(17)11-22-15-5-3-7-18-10-15;3-2(4,5)1(6)7/h3,5,7,10,14H,2,4,6,8-9,11-13H2,1H3;(H,6,7)/t14-,17+;/m0./s1. The minimum atomic E-state index is -5.08. The second-order valence-corrected chi connectivity index (χ2v) is 7.05. The molecule has 2 fully saturated rings. The van der Waals surface area contributed by atoms with E-state index in [1.54, 1.807) is 19.5 Å². The van der Waals surface area contributed by atoms with E-state index in [9.17, 15) is 18.0 Å². The van der Waals surface area contributed by atoms with Gasteiger partial charge in [0.1, 0.15) is 12.4 Å². The van der Waals surface area contributed by atoms with Crippen molar-refractivity contribution in [1.29, 1.82) is 0 Å². The first-order chi connectivity index (χ1) is 14.2. The smallest absolute Gasteiger partial charge is 0.490 e. The molecule has 1 saturated carbocycles. The van der Waals surface area contributed by atoms with Crippen molar-refractivity contribution >= 4 is 11.9 Å². The Labute approximate surface area is 171 Å². The Morgan fingerprint density at radius 1 is 1.43 bits per heavy atom. The van der Waals surface area contributed by atoms with Crippen LogP contribution >= 0.6 is 0 Å². The lowest BCUT2D eigenvalue weighted by atomic mass is 9.89. The summed E-state index contributed by atoms with van der Waals surface area (Å²) in [6.45, 7) is 2.58. The SMILES string of the molecule is COCC(=O)N1CCO[C@]2(CCC[C@H]2COc2cccnc2)C1.O=C(O)C(F)(F)F. The van der Waals surface area contributed by atoms with E-state index in [0.717, 1.165) is 25.0 Å². The van der Waals surface area contributed by atoms with Gasteiger partial charge in [-0.25, -0.2) is 4.79 Å². The van der Waals surface area contributed by atoms with Gasteiger partial charge >= 0.3 is 12.1 Å². The van der Waals surface area contributed by atoms with Crippen LogP contribution in [0.1, 0.15) is 19.3 Å². The molecule has 0 radical (unpaired) electrons. The predicted octanol–water partition coefficient (Wildman–Crippen LogP) is 2.14. The second kappa shape index (κ2) is 10.6. The monoisotopic (exact) mass is 434 g/mol. The summed E-state index contributed by atoms with van der Waals surface area (Å²) in [5, 5.41) is 7.12. The first-order valence-corrected chi connectivity index (χ1v) is 9.41. The van der Waals surface area contributed by atoms with E-state index in [1.807, 2.05) is 17.0 Å². The van der Waals surface area contributed by atoms with Gasteiger partial charge in [-0.05, 0) is 31.4 Å². The number of methoxy groups -OCH3 is 1. The molecule has 1 aliphatic carbocycles. The number of nitrogens with zero attached hydrogens (tertiary/aromatic N) is 2. The molecule has 2 heterocycles. The van der Waals surface area contributed by atoms with Gasteiger partial charge in [0.25, 0.3) is 0 Å². The number of halogens is 3. The van der Waals surface area contributed by atoms with Gasteiger partial charge in [-0.3, -0.25) is 9.78 Å². The van der Waals surface area contributed by atoms with Crippen LogP contribution < -0.4 is 4.74 Å². The maximum Gasteiger partial charge on any atom is 0.490 e. The summed E-state index contributed by atoms with van der Waals surface area (Å²) in [5.74, 6) is -1.65. The predicted molar refractivity (Wildman–Crippen MR) is 97.9 cm³/mol. The molecule has 1 aliphatic heterocycles. The zero-order valence-corrected chi connectivity index (χ0v) is 16.6. The molecule has 1 amide bonds. The van der Waals surface area contributed by atoms with Crippen LogP contribution in [0.5, 0.6) is 5.75 Å². The number of aliphatic carboxylic acids is 1. The number of carbonyl (C=O) groups is 2. The van der Waals surface area contributed by atoms with Crippen molar-refractivity contribution in [2.24, 2.45) is 5.92 Å². The summed E-state index contributed by atoms with van der Waals surface area (Å²) in [6.07, 6.45) is 1.51. The second-order valence-electron chi connectivity index (χ2n) is 7.05. The summed E-state index contributed by atoms with van der Waals surface area (Å²) in [4.78, 5) is 27.0. The minimum absolute atomic E-state index is 0.0361. The maximum atomic E-state index is 12.1. The molecule has 1 saturated heterocycles. The summed E-state index contributed by atoms with van der Waals surface area (Å²) in [5.41, 5.74) is -0.274. The van der Waals surface area contributed by atoms with Gasteiger partial charge in [-0.1, -0.05) is 0 Å². The molecule has 168 valence electrons. The Kier molecular flexibility index (Phi) is 8.42. The molecular weight excluding hydrogens is 409 g/mol. The normalized spacial score (nSPS) is 23.6. The number of alkyl halides is 3. The molecule has 30 heavy (non-hydrogen) atoms. The number of morpholine rings is 1. The summed E-state index contributed by atoms with van der Waals surface area (Å²) in [6, 6.07) is 3.77. The van der Waals surface area contributed by atoms with E-state index in [1.165, 1.54) is 0 Å². The minimum Gasteiger partial charge on any atom is -0.492 e. The molecular formula is C19H25F3N2O6. The highest BCUT2D eigenvalue weighted by atomic mass is 19.4. The lowest BCUT2D eigenvalue weighted by Crippen LogP contribution is -2.57. The van der Waals surface area contributed by atoms with Crippen molar-refractivity contribution in [3.05, 3.63) is 24.5 Å². The number of pyridine rings is 1. The Balaban J connectivity index is 0.000000396. The maximum absolute atomic E-state index is 12.1. The van der Waals surface area contributed by atoms with Crippen LogP contribution in [-0.4, -0.2) is 78.7 Å². The Morgan fingerprint density at radius 3 is 2.77 bits per heavy atom. The number of rotatable bonds is 5. The third-order valence-corrected chi connectivity index (χ3v) is 5.05. The Bertz CT molecular complexity index is 703. The average Bonchev–Trinajstić information content (AvgIpc) is 3.08. The van der Waals surface area contributed by atoms with Gasteiger partial charge in [-0.2, -0.15) is 13.2 Å². The van der Waals surface area contributed by atoms with Crippen LogP contribution in [0.15, 0.2) is 24.5 Å². The highest BCUT2D eigenvalue weighted by molar-refractivity contribution is 5.77. The summed E-state index contributed by atoms with van der Waals surface area (Å²) < 4.78 is 48.8. The van der Waals surface area contributed by atoms with Gasteiger partial charge in [0.05, 0.1) is 31.6 Å². The number of ether oxygens (including phenoxy) is 3. The van der Waals surface area contributed by atoms with Gasteiger partial charge in [0.2, 0.25) is 5.91 Å². The molecule has 1 aromatic rings. The van der Waals surface area contributed by atoms with Crippen LogP contribution in [0.25, 0.3) is 0 Å².